The summed E-state index contributed by atoms with van der Waals surface area (Å²) in [5, 5.41) is 0. The number of esters is 1. The standard InChI is InChI=1S/C27H34BrFN2O6/c1-16(2)35-24(32)22-23(21(28)18(13-30-22)12-17-8-10-19(29)11-9-17)31(25(33)37-26(3,4)5)14-20-15-34-27(6,7)36-20/h8-11,13,16,20H,12,14-15H2,1-7H3/t20-/m1/s1. The van der Waals surface area contributed by atoms with Crippen LogP contribution in [0.4, 0.5) is 14.9 Å². The fourth-order valence-electron chi connectivity index (χ4n) is 3.76. The van der Waals surface area contributed by atoms with E-state index in [1.807, 2.05) is 0 Å². The predicted molar refractivity (Wildman–Crippen MR) is 140 cm³/mol. The Morgan fingerprint density at radius 3 is 2.43 bits per heavy atom. The normalized spacial score (nSPS) is 17.1. The second-order valence-corrected chi connectivity index (χ2v) is 11.4. The second kappa shape index (κ2) is 11.4. The average Bonchev–Trinajstić information content (AvgIpc) is 3.11. The first-order chi connectivity index (χ1) is 17.1. The van der Waals surface area contributed by atoms with Crippen LogP contribution in [-0.2, 0) is 25.4 Å². The van der Waals surface area contributed by atoms with Crippen LogP contribution in [-0.4, -0.2) is 53.8 Å². The quantitative estimate of drug-likeness (QED) is 0.369. The van der Waals surface area contributed by atoms with Crippen molar-refractivity contribution in [2.24, 2.45) is 0 Å². The summed E-state index contributed by atoms with van der Waals surface area (Å²) in [5.41, 5.74) is 0.859. The minimum absolute atomic E-state index is 0.0422. The van der Waals surface area contributed by atoms with Crippen molar-refractivity contribution < 1.29 is 32.9 Å². The van der Waals surface area contributed by atoms with Crippen LogP contribution in [0, 0.1) is 5.82 Å². The Morgan fingerprint density at radius 2 is 1.89 bits per heavy atom. The van der Waals surface area contributed by atoms with E-state index in [4.69, 9.17) is 18.9 Å². The number of benzene rings is 1. The number of anilines is 1. The van der Waals surface area contributed by atoms with Crippen molar-refractivity contribution in [3.8, 4) is 0 Å². The van der Waals surface area contributed by atoms with Gasteiger partial charge in [-0.1, -0.05) is 12.1 Å². The van der Waals surface area contributed by atoms with Gasteiger partial charge in [0.25, 0.3) is 0 Å². The van der Waals surface area contributed by atoms with Gasteiger partial charge in [-0.2, -0.15) is 0 Å². The van der Waals surface area contributed by atoms with E-state index in [1.165, 1.54) is 17.0 Å². The summed E-state index contributed by atoms with van der Waals surface area (Å²) < 4.78 is 36.7. The minimum Gasteiger partial charge on any atom is -0.458 e. The molecule has 1 amide bonds. The van der Waals surface area contributed by atoms with Crippen LogP contribution in [0.3, 0.4) is 0 Å². The predicted octanol–water partition coefficient (Wildman–Crippen LogP) is 6.03. The summed E-state index contributed by atoms with van der Waals surface area (Å²) >= 11 is 3.62. The highest BCUT2D eigenvalue weighted by Gasteiger charge is 2.38. The van der Waals surface area contributed by atoms with E-state index in [0.29, 0.717) is 16.5 Å². The van der Waals surface area contributed by atoms with E-state index in [1.54, 1.807) is 66.8 Å². The number of hydrogen-bond acceptors (Lipinski definition) is 7. The Bertz CT molecular complexity index is 1130. The van der Waals surface area contributed by atoms with Crippen molar-refractivity contribution in [2.75, 3.05) is 18.1 Å². The molecule has 0 spiro atoms. The number of hydrogen-bond donors (Lipinski definition) is 0. The van der Waals surface area contributed by atoms with E-state index in [0.717, 1.165) is 5.56 Å². The highest BCUT2D eigenvalue weighted by molar-refractivity contribution is 9.10. The molecule has 2 heterocycles. The maximum atomic E-state index is 13.5. The Kier molecular flexibility index (Phi) is 8.97. The average molecular weight is 581 g/mol. The summed E-state index contributed by atoms with van der Waals surface area (Å²) in [7, 11) is 0. The number of carbonyl (C=O) groups is 2. The molecule has 1 aliphatic rings. The third-order valence-electron chi connectivity index (χ3n) is 5.24. The zero-order chi connectivity index (χ0) is 27.5. The number of rotatable bonds is 7. The highest BCUT2D eigenvalue weighted by Crippen LogP contribution is 2.36. The van der Waals surface area contributed by atoms with E-state index < -0.39 is 35.7 Å². The lowest BCUT2D eigenvalue weighted by atomic mass is 10.0. The Hall–Kier alpha value is -2.56. The molecule has 2 aromatic rings. The molecule has 3 rings (SSSR count). The van der Waals surface area contributed by atoms with Crippen LogP contribution in [0.5, 0.6) is 0 Å². The fraction of sp³-hybridized carbons (Fsp3) is 0.519. The van der Waals surface area contributed by atoms with Gasteiger partial charge in [0.15, 0.2) is 11.5 Å². The molecule has 1 atom stereocenters. The van der Waals surface area contributed by atoms with Gasteiger partial charge in [0, 0.05) is 17.1 Å². The molecule has 10 heteroatoms. The van der Waals surface area contributed by atoms with Gasteiger partial charge in [0.2, 0.25) is 0 Å². The third-order valence-corrected chi connectivity index (χ3v) is 6.13. The van der Waals surface area contributed by atoms with Crippen LogP contribution in [0.1, 0.15) is 70.1 Å². The molecule has 1 aliphatic heterocycles. The van der Waals surface area contributed by atoms with E-state index in [9.17, 15) is 14.0 Å². The first kappa shape index (κ1) is 29.0. The maximum absolute atomic E-state index is 13.5. The minimum atomic E-state index is -0.816. The van der Waals surface area contributed by atoms with Crippen LogP contribution < -0.4 is 4.90 Å². The molecule has 0 aliphatic carbocycles. The number of carbonyl (C=O) groups excluding carboxylic acids is 2. The SMILES string of the molecule is CC(C)OC(=O)c1ncc(Cc2ccc(F)cc2)c(Br)c1N(C[C@@H]1COC(C)(C)O1)C(=O)OC(C)(C)C. The third kappa shape index (κ3) is 7.96. The van der Waals surface area contributed by atoms with Gasteiger partial charge in [-0.05, 0) is 87.7 Å². The number of aromatic nitrogens is 1. The van der Waals surface area contributed by atoms with Gasteiger partial charge in [-0.15, -0.1) is 0 Å². The summed E-state index contributed by atoms with van der Waals surface area (Å²) in [4.78, 5) is 32.4. The molecular weight excluding hydrogens is 547 g/mol. The van der Waals surface area contributed by atoms with Gasteiger partial charge < -0.3 is 18.9 Å². The first-order valence-electron chi connectivity index (χ1n) is 12.1. The van der Waals surface area contributed by atoms with Gasteiger partial charge in [0.05, 0.1) is 24.9 Å². The van der Waals surface area contributed by atoms with Gasteiger partial charge in [-0.3, -0.25) is 4.90 Å². The van der Waals surface area contributed by atoms with E-state index in [2.05, 4.69) is 20.9 Å². The Labute approximate surface area is 225 Å². The Balaban J connectivity index is 2.11. The van der Waals surface area contributed by atoms with Crippen molar-refractivity contribution in [2.45, 2.75) is 78.5 Å². The van der Waals surface area contributed by atoms with Crippen LogP contribution in [0.25, 0.3) is 0 Å². The number of ether oxygens (including phenoxy) is 4. The lowest BCUT2D eigenvalue weighted by Gasteiger charge is -2.31. The lowest BCUT2D eigenvalue weighted by Crippen LogP contribution is -2.43. The fourth-order valence-corrected chi connectivity index (χ4v) is 4.40. The summed E-state index contributed by atoms with van der Waals surface area (Å²) in [5.74, 6) is -1.84. The molecule has 202 valence electrons. The molecular formula is C27H34BrFN2O6. The van der Waals surface area contributed by atoms with Crippen molar-refractivity contribution >= 4 is 33.7 Å². The van der Waals surface area contributed by atoms with Crippen molar-refractivity contribution in [1.29, 1.82) is 0 Å². The van der Waals surface area contributed by atoms with Crippen molar-refractivity contribution in [1.82, 2.24) is 4.98 Å². The van der Waals surface area contributed by atoms with Gasteiger partial charge in [0.1, 0.15) is 17.5 Å². The van der Waals surface area contributed by atoms with Crippen molar-refractivity contribution in [3.63, 3.8) is 0 Å². The first-order valence-corrected chi connectivity index (χ1v) is 12.9. The topological polar surface area (TPSA) is 87.2 Å². The van der Waals surface area contributed by atoms with E-state index >= 15 is 0 Å². The summed E-state index contributed by atoms with van der Waals surface area (Å²) in [6.07, 6.45) is 0.352. The van der Waals surface area contributed by atoms with Gasteiger partial charge >= 0.3 is 12.1 Å². The molecule has 0 bridgehead atoms. The molecule has 1 aromatic carbocycles. The highest BCUT2D eigenvalue weighted by atomic mass is 79.9. The molecule has 1 saturated heterocycles. The second-order valence-electron chi connectivity index (χ2n) is 10.6. The Morgan fingerprint density at radius 1 is 1.24 bits per heavy atom. The summed E-state index contributed by atoms with van der Waals surface area (Å²) in [6.45, 7) is 12.6. The van der Waals surface area contributed by atoms with Crippen molar-refractivity contribution in [3.05, 3.63) is 57.6 Å². The zero-order valence-electron chi connectivity index (χ0n) is 22.3. The molecule has 0 unspecified atom stereocenters. The van der Waals surface area contributed by atoms with Crippen LogP contribution in [0.15, 0.2) is 34.9 Å². The van der Waals surface area contributed by atoms with Crippen LogP contribution >= 0.6 is 15.9 Å². The molecule has 1 fully saturated rings. The molecule has 0 N–H and O–H groups in total. The van der Waals surface area contributed by atoms with Crippen LogP contribution in [0.2, 0.25) is 0 Å². The smallest absolute Gasteiger partial charge is 0.415 e. The number of amides is 1. The van der Waals surface area contributed by atoms with Gasteiger partial charge in [-0.25, -0.2) is 19.0 Å². The largest absolute Gasteiger partial charge is 0.458 e. The maximum Gasteiger partial charge on any atom is 0.415 e. The monoisotopic (exact) mass is 580 g/mol. The number of nitrogens with zero attached hydrogens (tertiary/aromatic N) is 2. The number of halogens is 2. The molecule has 1 aromatic heterocycles. The summed E-state index contributed by atoms with van der Waals surface area (Å²) in [6, 6.07) is 6.08. The molecule has 8 nitrogen and oxygen atoms in total. The molecule has 0 radical (unpaired) electrons. The van der Waals surface area contributed by atoms with E-state index in [-0.39, 0.29) is 30.4 Å². The lowest BCUT2D eigenvalue weighted by molar-refractivity contribution is -0.137. The zero-order valence-corrected chi connectivity index (χ0v) is 23.8. The molecule has 37 heavy (non-hydrogen) atoms. The molecule has 0 saturated carbocycles. The number of pyridine rings is 1.